The standard InChI is InChI=1S/C14H16N2O/c1-10-7-8-12(9-10)15-16-14(17)13-6-4-3-5-11(13)2/h3-6,9H,7-8H2,1-2H3,(H,16,17)/b15-12+. The van der Waals surface area contributed by atoms with Gasteiger partial charge in [-0.05, 0) is 44.4 Å². The molecule has 17 heavy (non-hydrogen) atoms. The summed E-state index contributed by atoms with van der Waals surface area (Å²) >= 11 is 0. The van der Waals surface area contributed by atoms with Crippen LogP contribution in [0.2, 0.25) is 0 Å². The van der Waals surface area contributed by atoms with Crippen LogP contribution in [0.5, 0.6) is 0 Å². The number of nitrogens with zero attached hydrogens (tertiary/aromatic N) is 1. The topological polar surface area (TPSA) is 41.5 Å². The summed E-state index contributed by atoms with van der Waals surface area (Å²) < 4.78 is 0. The largest absolute Gasteiger partial charge is 0.271 e. The number of nitrogens with one attached hydrogen (secondary N) is 1. The van der Waals surface area contributed by atoms with Crippen LogP contribution in [0.3, 0.4) is 0 Å². The highest BCUT2D eigenvalue weighted by atomic mass is 16.2. The van der Waals surface area contributed by atoms with Gasteiger partial charge in [0, 0.05) is 5.56 Å². The highest BCUT2D eigenvalue weighted by Gasteiger charge is 2.09. The van der Waals surface area contributed by atoms with E-state index >= 15 is 0 Å². The van der Waals surface area contributed by atoms with Crippen molar-refractivity contribution >= 4 is 11.6 Å². The molecular formula is C14H16N2O. The van der Waals surface area contributed by atoms with Crippen molar-refractivity contribution in [2.45, 2.75) is 26.7 Å². The molecule has 3 nitrogen and oxygen atoms in total. The number of aryl methyl sites for hydroxylation is 1. The molecule has 0 saturated carbocycles. The van der Waals surface area contributed by atoms with Gasteiger partial charge in [0.1, 0.15) is 0 Å². The molecule has 0 saturated heterocycles. The lowest BCUT2D eigenvalue weighted by atomic mass is 10.1. The maximum Gasteiger partial charge on any atom is 0.271 e. The molecule has 0 spiro atoms. The van der Waals surface area contributed by atoms with Gasteiger partial charge in [0.25, 0.3) is 5.91 Å². The molecule has 1 N–H and O–H groups in total. The fourth-order valence-electron chi connectivity index (χ4n) is 1.85. The van der Waals surface area contributed by atoms with E-state index in [0.29, 0.717) is 5.56 Å². The lowest BCUT2D eigenvalue weighted by molar-refractivity contribution is 0.0954. The Balaban J connectivity index is 2.06. The van der Waals surface area contributed by atoms with Crippen LogP contribution in [-0.4, -0.2) is 11.6 Å². The molecular weight excluding hydrogens is 212 g/mol. The fourth-order valence-corrected chi connectivity index (χ4v) is 1.85. The molecule has 0 aliphatic heterocycles. The van der Waals surface area contributed by atoms with Gasteiger partial charge in [-0.2, -0.15) is 5.10 Å². The normalized spacial score (nSPS) is 17.1. The van der Waals surface area contributed by atoms with Gasteiger partial charge in [0.2, 0.25) is 0 Å². The van der Waals surface area contributed by atoms with Crippen molar-refractivity contribution in [1.82, 2.24) is 5.43 Å². The van der Waals surface area contributed by atoms with Crippen molar-refractivity contribution in [2.24, 2.45) is 5.10 Å². The summed E-state index contributed by atoms with van der Waals surface area (Å²) in [5.74, 6) is -0.145. The molecule has 0 radical (unpaired) electrons. The average Bonchev–Trinajstić information content (AvgIpc) is 2.73. The minimum Gasteiger partial charge on any atom is -0.267 e. The molecule has 1 aromatic rings. The highest BCUT2D eigenvalue weighted by molar-refractivity contribution is 6.00. The SMILES string of the molecule is CC1=C/C(=N/NC(=O)c2ccccc2C)CC1. The van der Waals surface area contributed by atoms with E-state index in [2.05, 4.69) is 17.5 Å². The van der Waals surface area contributed by atoms with Gasteiger partial charge in [-0.1, -0.05) is 23.8 Å². The number of carbonyl (C=O) groups excluding carboxylic acids is 1. The van der Waals surface area contributed by atoms with Gasteiger partial charge in [-0.3, -0.25) is 4.79 Å². The van der Waals surface area contributed by atoms with Crippen LogP contribution in [0, 0.1) is 6.92 Å². The number of rotatable bonds is 2. The summed E-state index contributed by atoms with van der Waals surface area (Å²) in [6.45, 7) is 3.99. The maximum atomic E-state index is 11.9. The van der Waals surface area contributed by atoms with Crippen molar-refractivity contribution in [3.63, 3.8) is 0 Å². The summed E-state index contributed by atoms with van der Waals surface area (Å²) in [5, 5.41) is 4.13. The van der Waals surface area contributed by atoms with E-state index in [9.17, 15) is 4.79 Å². The predicted octanol–water partition coefficient (Wildman–Crippen LogP) is 2.82. The molecule has 1 amide bonds. The second-order valence-electron chi connectivity index (χ2n) is 4.35. The van der Waals surface area contributed by atoms with E-state index in [-0.39, 0.29) is 5.91 Å². The first-order chi connectivity index (χ1) is 8.16. The Kier molecular flexibility index (Phi) is 3.38. The molecule has 0 fully saturated rings. The van der Waals surface area contributed by atoms with Crippen molar-refractivity contribution in [3.8, 4) is 0 Å². The van der Waals surface area contributed by atoms with Gasteiger partial charge in [-0.25, -0.2) is 5.43 Å². The lowest BCUT2D eigenvalue weighted by Gasteiger charge is -2.03. The van der Waals surface area contributed by atoms with Crippen LogP contribution < -0.4 is 5.43 Å². The van der Waals surface area contributed by atoms with Crippen molar-refractivity contribution in [3.05, 3.63) is 47.0 Å². The molecule has 0 atom stereocenters. The lowest BCUT2D eigenvalue weighted by Crippen LogP contribution is -2.19. The smallest absolute Gasteiger partial charge is 0.267 e. The van der Waals surface area contributed by atoms with E-state index in [1.165, 1.54) is 5.57 Å². The molecule has 88 valence electrons. The molecule has 0 aromatic heterocycles. The summed E-state index contributed by atoms with van der Waals surface area (Å²) in [5.41, 5.74) is 6.51. The minimum atomic E-state index is -0.145. The van der Waals surface area contributed by atoms with Gasteiger partial charge in [-0.15, -0.1) is 0 Å². The third kappa shape index (κ3) is 2.81. The number of hydrogen-bond donors (Lipinski definition) is 1. The average molecular weight is 228 g/mol. The zero-order chi connectivity index (χ0) is 12.3. The maximum absolute atomic E-state index is 11.9. The summed E-state index contributed by atoms with van der Waals surface area (Å²) in [6, 6.07) is 7.50. The first-order valence-corrected chi connectivity index (χ1v) is 5.76. The number of hydrogen-bond acceptors (Lipinski definition) is 2. The number of amides is 1. The van der Waals surface area contributed by atoms with E-state index in [0.717, 1.165) is 24.1 Å². The molecule has 2 rings (SSSR count). The number of hydrazone groups is 1. The second-order valence-corrected chi connectivity index (χ2v) is 4.35. The summed E-state index contributed by atoms with van der Waals surface area (Å²) in [6.07, 6.45) is 3.98. The molecule has 3 heteroatoms. The Morgan fingerprint density at radius 2 is 2.00 bits per heavy atom. The highest BCUT2D eigenvalue weighted by Crippen LogP contribution is 2.14. The molecule has 1 aromatic carbocycles. The first kappa shape index (κ1) is 11.6. The fraction of sp³-hybridized carbons (Fsp3) is 0.286. The van der Waals surface area contributed by atoms with Crippen molar-refractivity contribution in [1.29, 1.82) is 0 Å². The molecule has 1 aliphatic carbocycles. The Bertz CT molecular complexity index is 501. The van der Waals surface area contributed by atoms with Gasteiger partial charge in [0.15, 0.2) is 0 Å². The predicted molar refractivity (Wildman–Crippen MR) is 69.1 cm³/mol. The number of benzene rings is 1. The third-order valence-corrected chi connectivity index (χ3v) is 2.88. The third-order valence-electron chi connectivity index (χ3n) is 2.88. The summed E-state index contributed by atoms with van der Waals surface area (Å²) in [4.78, 5) is 11.9. The minimum absolute atomic E-state index is 0.145. The summed E-state index contributed by atoms with van der Waals surface area (Å²) in [7, 11) is 0. The zero-order valence-corrected chi connectivity index (χ0v) is 10.2. The molecule has 1 aliphatic rings. The number of carbonyl (C=O) groups is 1. The van der Waals surface area contributed by atoms with E-state index < -0.39 is 0 Å². The van der Waals surface area contributed by atoms with Crippen LogP contribution in [0.25, 0.3) is 0 Å². The first-order valence-electron chi connectivity index (χ1n) is 5.76. The van der Waals surface area contributed by atoms with E-state index in [1.54, 1.807) is 6.07 Å². The quantitative estimate of drug-likeness (QED) is 0.777. The Morgan fingerprint density at radius 1 is 1.24 bits per heavy atom. The van der Waals surface area contributed by atoms with Crippen LogP contribution in [0.4, 0.5) is 0 Å². The van der Waals surface area contributed by atoms with Crippen LogP contribution >= 0.6 is 0 Å². The zero-order valence-electron chi connectivity index (χ0n) is 10.2. The van der Waals surface area contributed by atoms with Gasteiger partial charge < -0.3 is 0 Å². The van der Waals surface area contributed by atoms with Crippen LogP contribution in [0.1, 0.15) is 35.7 Å². The molecule has 0 unspecified atom stereocenters. The van der Waals surface area contributed by atoms with Gasteiger partial charge >= 0.3 is 0 Å². The van der Waals surface area contributed by atoms with Crippen molar-refractivity contribution in [2.75, 3.05) is 0 Å². The van der Waals surface area contributed by atoms with E-state index in [4.69, 9.17) is 0 Å². The Hall–Kier alpha value is -1.90. The monoisotopic (exact) mass is 228 g/mol. The molecule has 0 heterocycles. The van der Waals surface area contributed by atoms with E-state index in [1.807, 2.05) is 31.2 Å². The second kappa shape index (κ2) is 4.95. The van der Waals surface area contributed by atoms with Crippen LogP contribution in [0.15, 0.2) is 41.0 Å². The Morgan fingerprint density at radius 3 is 2.65 bits per heavy atom. The number of allylic oxidation sites excluding steroid dienone is 2. The Labute approximate surface area is 101 Å². The van der Waals surface area contributed by atoms with Crippen molar-refractivity contribution < 1.29 is 4.79 Å². The molecule has 0 bridgehead atoms. The van der Waals surface area contributed by atoms with Gasteiger partial charge in [0.05, 0.1) is 5.71 Å². The van der Waals surface area contributed by atoms with Crippen LogP contribution in [-0.2, 0) is 0 Å².